The summed E-state index contributed by atoms with van der Waals surface area (Å²) in [6.07, 6.45) is 3.65. The van der Waals surface area contributed by atoms with Crippen LogP contribution >= 0.6 is 11.6 Å². The van der Waals surface area contributed by atoms with Crippen LogP contribution in [0.3, 0.4) is 0 Å². The molecule has 2 aromatic rings. The Morgan fingerprint density at radius 3 is 2.86 bits per heavy atom. The number of benzene rings is 1. The molecule has 1 heterocycles. The number of imidazole rings is 1. The molecule has 1 aliphatic carbocycles. The van der Waals surface area contributed by atoms with Gasteiger partial charge in [0.15, 0.2) is 0 Å². The zero-order chi connectivity index (χ0) is 15.0. The van der Waals surface area contributed by atoms with Crippen molar-refractivity contribution in [2.75, 3.05) is 0 Å². The van der Waals surface area contributed by atoms with E-state index in [-0.39, 0.29) is 0 Å². The molecule has 3 nitrogen and oxygen atoms in total. The van der Waals surface area contributed by atoms with Crippen LogP contribution in [0, 0.1) is 23.2 Å². The van der Waals surface area contributed by atoms with E-state index in [0.717, 1.165) is 29.2 Å². The van der Waals surface area contributed by atoms with Gasteiger partial charge >= 0.3 is 0 Å². The van der Waals surface area contributed by atoms with Gasteiger partial charge in [-0.1, -0.05) is 13.8 Å². The van der Waals surface area contributed by atoms with Crippen LogP contribution in [0.1, 0.15) is 50.5 Å². The Balaban J connectivity index is 2.13. The molecule has 0 radical (unpaired) electrons. The minimum atomic E-state index is 0.412. The molecule has 3 rings (SSSR count). The summed E-state index contributed by atoms with van der Waals surface area (Å²) in [5.74, 6) is 2.74. The lowest BCUT2D eigenvalue weighted by molar-refractivity contribution is 0.209. The average Bonchev–Trinajstić information content (AvgIpc) is 2.84. The zero-order valence-electron chi connectivity index (χ0n) is 12.5. The molecule has 1 aliphatic rings. The van der Waals surface area contributed by atoms with E-state index in [1.165, 1.54) is 12.8 Å². The quantitative estimate of drug-likeness (QED) is 0.758. The van der Waals surface area contributed by atoms with E-state index in [1.807, 2.05) is 18.2 Å². The summed E-state index contributed by atoms with van der Waals surface area (Å²) in [6, 6.07) is 8.36. The first-order valence-corrected chi connectivity index (χ1v) is 8.14. The number of nitriles is 1. The monoisotopic (exact) mass is 301 g/mol. The van der Waals surface area contributed by atoms with Crippen molar-refractivity contribution in [1.82, 2.24) is 9.55 Å². The first kappa shape index (κ1) is 14.4. The summed E-state index contributed by atoms with van der Waals surface area (Å²) in [4.78, 5) is 4.66. The maximum atomic E-state index is 9.14. The van der Waals surface area contributed by atoms with Gasteiger partial charge < -0.3 is 4.57 Å². The van der Waals surface area contributed by atoms with Gasteiger partial charge in [-0.15, -0.1) is 11.6 Å². The van der Waals surface area contributed by atoms with Crippen LogP contribution in [-0.4, -0.2) is 9.55 Å². The predicted molar refractivity (Wildman–Crippen MR) is 85.2 cm³/mol. The number of fused-ring (bicyclic) bond motifs is 1. The normalized spacial score (nSPS) is 25.9. The van der Waals surface area contributed by atoms with Gasteiger partial charge in [-0.3, -0.25) is 0 Å². The summed E-state index contributed by atoms with van der Waals surface area (Å²) >= 11 is 6.12. The highest BCUT2D eigenvalue weighted by Gasteiger charge is 2.29. The first-order chi connectivity index (χ1) is 10.1. The fourth-order valence-electron chi connectivity index (χ4n) is 3.71. The molecule has 1 saturated carbocycles. The molecule has 3 atom stereocenters. The highest BCUT2D eigenvalue weighted by atomic mass is 35.5. The molecule has 4 heteroatoms. The van der Waals surface area contributed by atoms with Gasteiger partial charge in [0.2, 0.25) is 0 Å². The molecule has 0 bridgehead atoms. The SMILES string of the molecule is CC1CCC(n2c(CCl)nc3ccc(C#N)cc32)C(C)C1. The molecule has 0 spiro atoms. The molecule has 0 aliphatic heterocycles. The largest absolute Gasteiger partial charge is 0.324 e. The molecule has 0 N–H and O–H groups in total. The molecule has 1 aromatic carbocycles. The molecule has 1 fully saturated rings. The van der Waals surface area contributed by atoms with Gasteiger partial charge in [0.1, 0.15) is 5.82 Å². The standard InChI is InChI=1S/C17H20ClN3/c1-11-3-6-15(12(2)7-11)21-16-8-13(10-19)4-5-14(16)20-17(21)9-18/h4-5,8,11-12,15H,3,6-7,9H2,1-2H3. The third-order valence-corrected chi connectivity index (χ3v) is 4.97. The van der Waals surface area contributed by atoms with Crippen LogP contribution in [-0.2, 0) is 5.88 Å². The van der Waals surface area contributed by atoms with E-state index in [1.54, 1.807) is 0 Å². The molecule has 1 aromatic heterocycles. The topological polar surface area (TPSA) is 41.6 Å². The second kappa shape index (κ2) is 5.69. The van der Waals surface area contributed by atoms with E-state index in [4.69, 9.17) is 16.9 Å². The zero-order valence-corrected chi connectivity index (χ0v) is 13.3. The van der Waals surface area contributed by atoms with Crippen LogP contribution in [0.25, 0.3) is 11.0 Å². The lowest BCUT2D eigenvalue weighted by Crippen LogP contribution is -2.25. The molecule has 0 saturated heterocycles. The number of alkyl halides is 1. The Morgan fingerprint density at radius 1 is 1.38 bits per heavy atom. The van der Waals surface area contributed by atoms with Gasteiger partial charge in [-0.2, -0.15) is 5.26 Å². The third-order valence-electron chi connectivity index (χ3n) is 4.73. The molecular formula is C17H20ClN3. The van der Waals surface area contributed by atoms with Gasteiger partial charge in [-0.25, -0.2) is 4.98 Å². The number of rotatable bonds is 2. The van der Waals surface area contributed by atoms with Crippen molar-refractivity contribution in [2.45, 2.75) is 45.0 Å². The summed E-state index contributed by atoms with van der Waals surface area (Å²) in [5, 5.41) is 9.14. The predicted octanol–water partition coefficient (Wildman–Crippen LogP) is 4.64. The second-order valence-corrected chi connectivity index (χ2v) is 6.58. The Kier molecular flexibility index (Phi) is 3.91. The highest BCUT2D eigenvalue weighted by Crippen LogP contribution is 2.39. The van der Waals surface area contributed by atoms with E-state index in [2.05, 4.69) is 29.5 Å². The van der Waals surface area contributed by atoms with Gasteiger partial charge in [0.05, 0.1) is 28.5 Å². The fourth-order valence-corrected chi connectivity index (χ4v) is 3.90. The fraction of sp³-hybridized carbons (Fsp3) is 0.529. The summed E-state index contributed by atoms with van der Waals surface area (Å²) in [7, 11) is 0. The van der Waals surface area contributed by atoms with Gasteiger partial charge in [0, 0.05) is 6.04 Å². The molecule has 3 unspecified atom stereocenters. The molecule has 110 valence electrons. The maximum absolute atomic E-state index is 9.14. The number of aromatic nitrogens is 2. The Labute approximate surface area is 130 Å². The van der Waals surface area contributed by atoms with Crippen molar-refractivity contribution in [2.24, 2.45) is 11.8 Å². The number of hydrogen-bond acceptors (Lipinski definition) is 2. The van der Waals surface area contributed by atoms with Crippen LogP contribution < -0.4 is 0 Å². The van der Waals surface area contributed by atoms with E-state index in [9.17, 15) is 0 Å². The minimum absolute atomic E-state index is 0.412. The van der Waals surface area contributed by atoms with Crippen molar-refractivity contribution >= 4 is 22.6 Å². The van der Waals surface area contributed by atoms with Crippen LogP contribution in [0.2, 0.25) is 0 Å². The van der Waals surface area contributed by atoms with E-state index >= 15 is 0 Å². The third kappa shape index (κ3) is 2.53. The summed E-state index contributed by atoms with van der Waals surface area (Å²) in [5.41, 5.74) is 2.67. The lowest BCUT2D eigenvalue weighted by atomic mass is 9.79. The highest BCUT2D eigenvalue weighted by molar-refractivity contribution is 6.16. The van der Waals surface area contributed by atoms with Gasteiger partial charge in [0.25, 0.3) is 0 Å². The summed E-state index contributed by atoms with van der Waals surface area (Å²) < 4.78 is 2.29. The van der Waals surface area contributed by atoms with Crippen molar-refractivity contribution in [1.29, 1.82) is 5.26 Å². The van der Waals surface area contributed by atoms with Gasteiger partial charge in [-0.05, 0) is 49.3 Å². The number of hydrogen-bond donors (Lipinski definition) is 0. The van der Waals surface area contributed by atoms with Crippen LogP contribution in [0.15, 0.2) is 18.2 Å². The van der Waals surface area contributed by atoms with E-state index < -0.39 is 0 Å². The first-order valence-electron chi connectivity index (χ1n) is 7.61. The second-order valence-electron chi connectivity index (χ2n) is 6.31. The Bertz CT molecular complexity index is 698. The number of halogens is 1. The Hall–Kier alpha value is -1.53. The molecule has 0 amide bonds. The smallest absolute Gasteiger partial charge is 0.125 e. The average molecular weight is 302 g/mol. The lowest BCUT2D eigenvalue weighted by Gasteiger charge is -2.34. The summed E-state index contributed by atoms with van der Waals surface area (Å²) in [6.45, 7) is 4.65. The minimum Gasteiger partial charge on any atom is -0.324 e. The Morgan fingerprint density at radius 2 is 2.19 bits per heavy atom. The maximum Gasteiger partial charge on any atom is 0.125 e. The van der Waals surface area contributed by atoms with E-state index in [0.29, 0.717) is 23.4 Å². The van der Waals surface area contributed by atoms with Crippen molar-refractivity contribution in [3.63, 3.8) is 0 Å². The van der Waals surface area contributed by atoms with Crippen LogP contribution in [0.4, 0.5) is 0 Å². The number of nitrogens with zero attached hydrogens (tertiary/aromatic N) is 3. The van der Waals surface area contributed by atoms with Crippen molar-refractivity contribution in [3.05, 3.63) is 29.6 Å². The van der Waals surface area contributed by atoms with Crippen molar-refractivity contribution in [3.8, 4) is 6.07 Å². The van der Waals surface area contributed by atoms with Crippen molar-refractivity contribution < 1.29 is 0 Å². The molecular weight excluding hydrogens is 282 g/mol. The molecule has 21 heavy (non-hydrogen) atoms. The van der Waals surface area contributed by atoms with Crippen LogP contribution in [0.5, 0.6) is 0 Å².